The third-order valence-corrected chi connectivity index (χ3v) is 3.73. The van der Waals surface area contributed by atoms with Gasteiger partial charge in [0.1, 0.15) is 5.41 Å². The highest BCUT2D eigenvalue weighted by atomic mass is 16.2. The lowest BCUT2D eigenvalue weighted by Crippen LogP contribution is -2.41. The van der Waals surface area contributed by atoms with E-state index in [0.717, 1.165) is 0 Å². The van der Waals surface area contributed by atoms with Gasteiger partial charge in [-0.15, -0.1) is 0 Å². The van der Waals surface area contributed by atoms with Crippen molar-refractivity contribution in [3.8, 4) is 0 Å². The molecule has 6 heteroatoms. The molecular formula is C17H23N3O3. The van der Waals surface area contributed by atoms with Crippen LogP contribution in [0.3, 0.4) is 0 Å². The molecular weight excluding hydrogens is 294 g/mol. The maximum absolute atomic E-state index is 12.5. The van der Waals surface area contributed by atoms with Gasteiger partial charge in [-0.05, 0) is 37.0 Å². The predicted octanol–water partition coefficient (Wildman–Crippen LogP) is 2.14. The van der Waals surface area contributed by atoms with Gasteiger partial charge in [-0.25, -0.2) is 0 Å². The van der Waals surface area contributed by atoms with Crippen molar-refractivity contribution in [3.63, 3.8) is 0 Å². The van der Waals surface area contributed by atoms with E-state index in [1.165, 1.54) is 6.92 Å². The van der Waals surface area contributed by atoms with Gasteiger partial charge in [0.2, 0.25) is 17.7 Å². The number of carbonyl (C=O) groups is 3. The Morgan fingerprint density at radius 2 is 1.70 bits per heavy atom. The van der Waals surface area contributed by atoms with Crippen LogP contribution in [0.15, 0.2) is 24.3 Å². The van der Waals surface area contributed by atoms with Gasteiger partial charge in [-0.3, -0.25) is 14.4 Å². The summed E-state index contributed by atoms with van der Waals surface area (Å²) in [6.45, 7) is 6.00. The summed E-state index contributed by atoms with van der Waals surface area (Å²) in [5.41, 5.74) is 0.215. The average molecular weight is 317 g/mol. The monoisotopic (exact) mass is 317 g/mol. The fourth-order valence-corrected chi connectivity index (χ4v) is 2.28. The van der Waals surface area contributed by atoms with Crippen LogP contribution in [0.4, 0.5) is 11.4 Å². The fraction of sp³-hybridized carbons (Fsp3) is 0.471. The zero-order valence-electron chi connectivity index (χ0n) is 13.7. The Kier molecular flexibility index (Phi) is 5.03. The number of rotatable bonds is 6. The quantitative estimate of drug-likeness (QED) is 0.702. The first-order valence-electron chi connectivity index (χ1n) is 7.81. The van der Waals surface area contributed by atoms with Crippen molar-refractivity contribution in [2.45, 2.75) is 33.6 Å². The lowest BCUT2D eigenvalue weighted by molar-refractivity contribution is -0.134. The van der Waals surface area contributed by atoms with Crippen molar-refractivity contribution < 1.29 is 14.4 Å². The highest BCUT2D eigenvalue weighted by Gasteiger charge is 2.56. The molecule has 1 saturated carbocycles. The van der Waals surface area contributed by atoms with Crippen LogP contribution in [0, 0.1) is 11.3 Å². The maximum Gasteiger partial charge on any atom is 0.240 e. The number of hydrogen-bond acceptors (Lipinski definition) is 3. The van der Waals surface area contributed by atoms with Crippen LogP contribution in [0.2, 0.25) is 0 Å². The number of benzene rings is 1. The van der Waals surface area contributed by atoms with Crippen LogP contribution in [0.1, 0.15) is 33.6 Å². The Bertz CT molecular complexity index is 621. The van der Waals surface area contributed by atoms with E-state index in [1.807, 2.05) is 13.8 Å². The van der Waals surface area contributed by atoms with Crippen LogP contribution < -0.4 is 16.0 Å². The summed E-state index contributed by atoms with van der Waals surface area (Å²) in [6.07, 6.45) is 1.13. The van der Waals surface area contributed by atoms with Crippen LogP contribution in [0.5, 0.6) is 0 Å². The summed E-state index contributed by atoms with van der Waals surface area (Å²) in [6, 6.07) is 6.87. The molecule has 0 radical (unpaired) electrons. The Morgan fingerprint density at radius 1 is 1.09 bits per heavy atom. The SMILES string of the molecule is CC(=O)Nc1cccc(NC(=O)C2(C(=O)NCC(C)C)CC2)c1. The minimum atomic E-state index is -0.946. The molecule has 0 saturated heterocycles. The van der Waals surface area contributed by atoms with Crippen LogP contribution in [-0.4, -0.2) is 24.3 Å². The zero-order chi connectivity index (χ0) is 17.0. The molecule has 0 spiro atoms. The second kappa shape index (κ2) is 6.81. The molecule has 0 bridgehead atoms. The number of carbonyl (C=O) groups excluding carboxylic acids is 3. The predicted molar refractivity (Wildman–Crippen MR) is 88.9 cm³/mol. The molecule has 23 heavy (non-hydrogen) atoms. The number of nitrogens with one attached hydrogen (secondary N) is 3. The number of hydrogen-bond donors (Lipinski definition) is 3. The molecule has 124 valence electrons. The van der Waals surface area contributed by atoms with Crippen molar-refractivity contribution in [2.24, 2.45) is 11.3 Å². The Balaban J connectivity index is 2.01. The van der Waals surface area contributed by atoms with E-state index in [2.05, 4.69) is 16.0 Å². The van der Waals surface area contributed by atoms with E-state index in [1.54, 1.807) is 24.3 Å². The van der Waals surface area contributed by atoms with E-state index in [4.69, 9.17) is 0 Å². The molecule has 3 N–H and O–H groups in total. The summed E-state index contributed by atoms with van der Waals surface area (Å²) in [4.78, 5) is 35.8. The lowest BCUT2D eigenvalue weighted by atomic mass is 10.0. The third kappa shape index (κ3) is 4.31. The normalized spacial score (nSPS) is 15.0. The maximum atomic E-state index is 12.5. The first-order chi connectivity index (χ1) is 10.8. The van der Waals surface area contributed by atoms with Gasteiger partial charge < -0.3 is 16.0 Å². The van der Waals surface area contributed by atoms with Crippen molar-refractivity contribution in [3.05, 3.63) is 24.3 Å². The summed E-state index contributed by atoms with van der Waals surface area (Å²) in [5.74, 6) is -0.340. The molecule has 1 aromatic carbocycles. The summed E-state index contributed by atoms with van der Waals surface area (Å²) < 4.78 is 0. The lowest BCUT2D eigenvalue weighted by Gasteiger charge is -2.16. The second-order valence-corrected chi connectivity index (χ2v) is 6.40. The van der Waals surface area contributed by atoms with Crippen LogP contribution in [0.25, 0.3) is 0 Å². The first kappa shape index (κ1) is 17.0. The van der Waals surface area contributed by atoms with E-state index in [0.29, 0.717) is 36.7 Å². The van der Waals surface area contributed by atoms with Crippen LogP contribution in [-0.2, 0) is 14.4 Å². The van der Waals surface area contributed by atoms with Gasteiger partial charge in [-0.1, -0.05) is 19.9 Å². The molecule has 1 fully saturated rings. The Morgan fingerprint density at radius 3 is 2.22 bits per heavy atom. The second-order valence-electron chi connectivity index (χ2n) is 6.40. The molecule has 0 heterocycles. The molecule has 6 nitrogen and oxygen atoms in total. The number of amides is 3. The highest BCUT2D eigenvalue weighted by Crippen LogP contribution is 2.46. The van der Waals surface area contributed by atoms with Crippen molar-refractivity contribution in [1.82, 2.24) is 5.32 Å². The van der Waals surface area contributed by atoms with Gasteiger partial charge >= 0.3 is 0 Å². The molecule has 0 aliphatic heterocycles. The topological polar surface area (TPSA) is 87.3 Å². The van der Waals surface area contributed by atoms with E-state index < -0.39 is 5.41 Å². The van der Waals surface area contributed by atoms with Gasteiger partial charge in [-0.2, -0.15) is 0 Å². The highest BCUT2D eigenvalue weighted by molar-refractivity contribution is 6.13. The Labute approximate surface area is 136 Å². The fourth-order valence-electron chi connectivity index (χ4n) is 2.28. The zero-order valence-corrected chi connectivity index (χ0v) is 13.7. The molecule has 1 aliphatic rings. The minimum Gasteiger partial charge on any atom is -0.355 e. The average Bonchev–Trinajstić information content (AvgIpc) is 3.26. The summed E-state index contributed by atoms with van der Waals surface area (Å²) in [5, 5.41) is 8.27. The van der Waals surface area contributed by atoms with Crippen molar-refractivity contribution >= 4 is 29.1 Å². The largest absolute Gasteiger partial charge is 0.355 e. The molecule has 0 aromatic heterocycles. The molecule has 3 amide bonds. The third-order valence-electron chi connectivity index (χ3n) is 3.73. The molecule has 0 unspecified atom stereocenters. The first-order valence-corrected chi connectivity index (χ1v) is 7.81. The van der Waals surface area contributed by atoms with Gasteiger partial charge in [0.05, 0.1) is 0 Å². The standard InChI is InChI=1S/C17H23N3O3/c1-11(2)10-18-15(22)17(7-8-17)16(23)20-14-6-4-5-13(9-14)19-12(3)21/h4-6,9,11H,7-8,10H2,1-3H3,(H,18,22)(H,19,21)(H,20,23). The molecule has 1 aliphatic carbocycles. The van der Waals surface area contributed by atoms with Crippen LogP contribution >= 0.6 is 0 Å². The molecule has 2 rings (SSSR count). The molecule has 1 aromatic rings. The van der Waals surface area contributed by atoms with Gasteiger partial charge in [0, 0.05) is 24.8 Å². The smallest absolute Gasteiger partial charge is 0.240 e. The van der Waals surface area contributed by atoms with E-state index >= 15 is 0 Å². The van der Waals surface area contributed by atoms with E-state index in [-0.39, 0.29) is 17.7 Å². The minimum absolute atomic E-state index is 0.180. The summed E-state index contributed by atoms with van der Waals surface area (Å²) >= 11 is 0. The van der Waals surface area contributed by atoms with E-state index in [9.17, 15) is 14.4 Å². The molecule has 0 atom stereocenters. The van der Waals surface area contributed by atoms with Crippen molar-refractivity contribution in [1.29, 1.82) is 0 Å². The Hall–Kier alpha value is -2.37. The summed E-state index contributed by atoms with van der Waals surface area (Å²) in [7, 11) is 0. The number of anilines is 2. The van der Waals surface area contributed by atoms with Gasteiger partial charge in [0.25, 0.3) is 0 Å². The van der Waals surface area contributed by atoms with Crippen molar-refractivity contribution in [2.75, 3.05) is 17.2 Å². The van der Waals surface area contributed by atoms with Gasteiger partial charge in [0.15, 0.2) is 0 Å².